The minimum Gasteiger partial charge on any atom is -0.472 e. The maximum absolute atomic E-state index is 14.2. The molecule has 9 nitrogen and oxygen atoms in total. The number of hydrogen-bond acceptors (Lipinski definition) is 9. The van der Waals surface area contributed by atoms with Crippen LogP contribution in [0.2, 0.25) is 0 Å². The second-order valence-corrected chi connectivity index (χ2v) is 10.9. The number of cyclic esters (lactones) is 1. The Hall–Kier alpha value is -3.72. The standard InChI is InChI=1S/C29H30O9/c1-28-9-7-19-27(34)38-22(18-8-10-36-15-18)13-29(19,2)24(28)23(31)21(12-20(28)26(33)35-3)37-25(32)17-6-4-5-16(11-17)14-30/h4-6,8,10-12,15,19-20,22,24,30H,7,9,13-14H2,1-3H3/t19-,20-,22-,24-,28-,29-/m0/s1. The van der Waals surface area contributed by atoms with Crippen molar-refractivity contribution in [1.82, 2.24) is 0 Å². The molecule has 0 unspecified atom stereocenters. The number of hydrogen-bond donors (Lipinski definition) is 1. The van der Waals surface area contributed by atoms with Gasteiger partial charge in [-0.05, 0) is 59.9 Å². The monoisotopic (exact) mass is 522 g/mol. The number of ketones is 1. The fourth-order valence-electron chi connectivity index (χ4n) is 6.84. The average molecular weight is 523 g/mol. The van der Waals surface area contributed by atoms with Gasteiger partial charge in [0.1, 0.15) is 6.10 Å². The van der Waals surface area contributed by atoms with Crippen molar-refractivity contribution in [1.29, 1.82) is 0 Å². The Morgan fingerprint density at radius 1 is 1.16 bits per heavy atom. The van der Waals surface area contributed by atoms with Crippen molar-refractivity contribution >= 4 is 23.7 Å². The van der Waals surface area contributed by atoms with Gasteiger partial charge in [0.25, 0.3) is 0 Å². The van der Waals surface area contributed by atoms with Crippen molar-refractivity contribution in [3.8, 4) is 0 Å². The fourth-order valence-corrected chi connectivity index (χ4v) is 6.84. The number of carbonyl (C=O) groups is 4. The highest BCUT2D eigenvalue weighted by Gasteiger charge is 2.66. The van der Waals surface area contributed by atoms with Gasteiger partial charge < -0.3 is 23.7 Å². The molecule has 0 amide bonds. The van der Waals surface area contributed by atoms with Gasteiger partial charge in [-0.25, -0.2) is 4.79 Å². The molecule has 1 saturated heterocycles. The van der Waals surface area contributed by atoms with Gasteiger partial charge in [0.05, 0.1) is 43.6 Å². The molecular formula is C29H30O9. The van der Waals surface area contributed by atoms with Gasteiger partial charge in [-0.2, -0.15) is 0 Å². The number of aliphatic hydroxyl groups excluding tert-OH is 1. The van der Waals surface area contributed by atoms with E-state index in [2.05, 4.69) is 0 Å². The number of esters is 3. The molecule has 200 valence electrons. The van der Waals surface area contributed by atoms with Crippen LogP contribution in [-0.4, -0.2) is 35.9 Å². The molecule has 0 radical (unpaired) electrons. The smallest absolute Gasteiger partial charge is 0.343 e. The molecule has 6 atom stereocenters. The summed E-state index contributed by atoms with van der Waals surface area (Å²) in [5.74, 6) is -4.68. The normalized spacial score (nSPS) is 32.4. The zero-order valence-corrected chi connectivity index (χ0v) is 21.5. The van der Waals surface area contributed by atoms with Crippen molar-refractivity contribution in [2.75, 3.05) is 7.11 Å². The molecular weight excluding hydrogens is 492 g/mol. The first-order valence-corrected chi connectivity index (χ1v) is 12.6. The molecule has 1 aliphatic heterocycles. The molecule has 3 aliphatic rings. The molecule has 1 aromatic carbocycles. The SMILES string of the molecule is COC(=O)[C@@H]1C=C(OC(=O)c2cccc(CO)c2)C(=O)[C@H]2[C@@]1(C)CC[C@H]1C(=O)O[C@H](c3ccoc3)C[C@]21C. The highest BCUT2D eigenvalue weighted by molar-refractivity contribution is 6.03. The number of carbonyl (C=O) groups excluding carboxylic acids is 4. The predicted octanol–water partition coefficient (Wildman–Crippen LogP) is 3.91. The van der Waals surface area contributed by atoms with Crippen LogP contribution in [0.25, 0.3) is 0 Å². The second-order valence-electron chi connectivity index (χ2n) is 10.9. The summed E-state index contributed by atoms with van der Waals surface area (Å²) in [5.41, 5.74) is -0.417. The first-order valence-electron chi connectivity index (χ1n) is 12.6. The summed E-state index contributed by atoms with van der Waals surface area (Å²) in [6, 6.07) is 7.97. The van der Waals surface area contributed by atoms with E-state index in [-0.39, 0.29) is 17.9 Å². The number of benzene rings is 1. The molecule has 5 rings (SSSR count). The predicted molar refractivity (Wildman–Crippen MR) is 131 cm³/mol. The zero-order chi connectivity index (χ0) is 27.2. The van der Waals surface area contributed by atoms with E-state index in [4.69, 9.17) is 18.6 Å². The van der Waals surface area contributed by atoms with Gasteiger partial charge >= 0.3 is 17.9 Å². The Bertz CT molecular complexity index is 1310. The Labute approximate surface area is 219 Å². The van der Waals surface area contributed by atoms with E-state index in [1.807, 2.05) is 13.8 Å². The number of furan rings is 1. The second kappa shape index (κ2) is 9.54. The fraction of sp³-hybridized carbons (Fsp3) is 0.448. The van der Waals surface area contributed by atoms with Gasteiger partial charge in [-0.1, -0.05) is 26.0 Å². The quantitative estimate of drug-likeness (QED) is 0.459. The van der Waals surface area contributed by atoms with Gasteiger partial charge in [0, 0.05) is 11.5 Å². The molecule has 1 aromatic heterocycles. The molecule has 0 bridgehead atoms. The number of fused-ring (bicyclic) bond motifs is 3. The minimum absolute atomic E-state index is 0.155. The lowest BCUT2D eigenvalue weighted by Crippen LogP contribution is -2.61. The first kappa shape index (κ1) is 25.9. The van der Waals surface area contributed by atoms with Crippen LogP contribution in [0.1, 0.15) is 60.7 Å². The average Bonchev–Trinajstić information content (AvgIpc) is 3.44. The van der Waals surface area contributed by atoms with Gasteiger partial charge in [-0.15, -0.1) is 0 Å². The van der Waals surface area contributed by atoms with Crippen LogP contribution in [0.15, 0.2) is 59.1 Å². The van der Waals surface area contributed by atoms with Crippen molar-refractivity contribution < 1.29 is 42.9 Å². The van der Waals surface area contributed by atoms with Gasteiger partial charge in [0.15, 0.2) is 5.76 Å². The number of allylic oxidation sites excluding steroid dienone is 1. The number of aliphatic hydroxyl groups is 1. The van der Waals surface area contributed by atoms with E-state index in [0.29, 0.717) is 30.4 Å². The topological polar surface area (TPSA) is 129 Å². The van der Waals surface area contributed by atoms with Crippen molar-refractivity contribution in [2.45, 2.75) is 45.8 Å². The number of Topliss-reactive ketones (excluding diaryl/α,β-unsaturated/α-hetero) is 1. The summed E-state index contributed by atoms with van der Waals surface area (Å²) >= 11 is 0. The third-order valence-electron chi connectivity index (χ3n) is 8.71. The number of methoxy groups -OCH3 is 1. The largest absolute Gasteiger partial charge is 0.472 e. The molecule has 2 aliphatic carbocycles. The summed E-state index contributed by atoms with van der Waals surface area (Å²) in [6.07, 6.45) is 4.96. The summed E-state index contributed by atoms with van der Waals surface area (Å²) in [6.45, 7) is 3.49. The summed E-state index contributed by atoms with van der Waals surface area (Å²) < 4.78 is 21.7. The van der Waals surface area contributed by atoms with E-state index in [0.717, 1.165) is 0 Å². The lowest BCUT2D eigenvalue weighted by Gasteiger charge is -2.59. The Morgan fingerprint density at radius 3 is 2.63 bits per heavy atom. The molecule has 9 heteroatoms. The number of ether oxygens (including phenoxy) is 3. The molecule has 38 heavy (non-hydrogen) atoms. The van der Waals surface area contributed by atoms with E-state index in [9.17, 15) is 24.3 Å². The van der Waals surface area contributed by atoms with Crippen molar-refractivity contribution in [2.24, 2.45) is 28.6 Å². The Balaban J connectivity index is 1.56. The molecule has 2 fully saturated rings. The maximum atomic E-state index is 14.2. The third-order valence-corrected chi connectivity index (χ3v) is 8.71. The molecule has 1 N–H and O–H groups in total. The highest BCUT2D eigenvalue weighted by Crippen LogP contribution is 2.64. The Kier molecular flexibility index (Phi) is 6.51. The van der Waals surface area contributed by atoms with Crippen LogP contribution >= 0.6 is 0 Å². The van der Waals surface area contributed by atoms with Crippen LogP contribution < -0.4 is 0 Å². The summed E-state index contributed by atoms with van der Waals surface area (Å²) in [4.78, 5) is 53.5. The van der Waals surface area contributed by atoms with Crippen LogP contribution in [0.4, 0.5) is 0 Å². The van der Waals surface area contributed by atoms with E-state index in [1.54, 1.807) is 18.2 Å². The number of rotatable bonds is 5. The van der Waals surface area contributed by atoms with E-state index >= 15 is 0 Å². The molecule has 2 heterocycles. The lowest BCUT2D eigenvalue weighted by molar-refractivity contribution is -0.197. The lowest BCUT2D eigenvalue weighted by atomic mass is 9.44. The van der Waals surface area contributed by atoms with Crippen LogP contribution in [0.3, 0.4) is 0 Å². The van der Waals surface area contributed by atoms with Crippen LogP contribution in [0.5, 0.6) is 0 Å². The Morgan fingerprint density at radius 2 is 1.95 bits per heavy atom. The molecule has 2 aromatic rings. The third kappa shape index (κ3) is 4.05. The summed E-state index contributed by atoms with van der Waals surface area (Å²) in [7, 11) is 1.28. The molecule has 0 spiro atoms. The highest BCUT2D eigenvalue weighted by atomic mass is 16.6. The maximum Gasteiger partial charge on any atom is 0.343 e. The van der Waals surface area contributed by atoms with Crippen LogP contribution in [0, 0.1) is 28.6 Å². The molecule has 1 saturated carbocycles. The minimum atomic E-state index is -0.893. The first-order chi connectivity index (χ1) is 18.1. The van der Waals surface area contributed by atoms with E-state index in [1.165, 1.54) is 37.8 Å². The van der Waals surface area contributed by atoms with Gasteiger partial charge in [0.2, 0.25) is 5.78 Å². The zero-order valence-electron chi connectivity index (χ0n) is 21.5. The van der Waals surface area contributed by atoms with Crippen molar-refractivity contribution in [3.05, 3.63) is 71.4 Å². The van der Waals surface area contributed by atoms with Crippen LogP contribution in [-0.2, 0) is 35.2 Å². The van der Waals surface area contributed by atoms with Gasteiger partial charge in [-0.3, -0.25) is 14.4 Å². The van der Waals surface area contributed by atoms with Crippen molar-refractivity contribution in [3.63, 3.8) is 0 Å². The van der Waals surface area contributed by atoms with E-state index < -0.39 is 58.4 Å². The summed E-state index contributed by atoms with van der Waals surface area (Å²) in [5, 5.41) is 9.43.